The molecular weight excluding hydrogens is 200 g/mol. The number of hydrogen-bond acceptors (Lipinski definition) is 3. The molecule has 0 aliphatic carbocycles. The van der Waals surface area contributed by atoms with Gasteiger partial charge in [-0.15, -0.1) is 0 Å². The van der Waals surface area contributed by atoms with Crippen LogP contribution >= 0.6 is 0 Å². The Hall–Kier alpha value is -1.55. The maximum absolute atomic E-state index is 5.95. The monoisotopic (exact) mass is 218 g/mol. The number of fused-ring (bicyclic) bond motifs is 1. The van der Waals surface area contributed by atoms with Crippen LogP contribution in [0.1, 0.15) is 26.3 Å². The largest absolute Gasteiger partial charge is 0.369 e. The Kier molecular flexibility index (Phi) is 2.39. The lowest BCUT2D eigenvalue weighted by Crippen LogP contribution is -2.23. The van der Waals surface area contributed by atoms with Gasteiger partial charge in [0.2, 0.25) is 5.95 Å². The number of imidazole rings is 1. The molecular formula is C12H18N4. The number of aromatic nitrogens is 2. The maximum Gasteiger partial charge on any atom is 0.201 e. The molecule has 0 saturated carbocycles. The molecule has 0 atom stereocenters. The first-order chi connectivity index (χ1) is 7.43. The molecule has 0 radical (unpaired) electrons. The fourth-order valence-corrected chi connectivity index (χ4v) is 1.98. The van der Waals surface area contributed by atoms with Crippen molar-refractivity contribution in [3.63, 3.8) is 0 Å². The van der Waals surface area contributed by atoms with E-state index in [-0.39, 0.29) is 5.54 Å². The molecule has 1 aromatic heterocycles. The highest BCUT2D eigenvalue weighted by Crippen LogP contribution is 2.26. The molecule has 0 aliphatic rings. The van der Waals surface area contributed by atoms with Gasteiger partial charge in [-0.1, -0.05) is 6.07 Å². The molecule has 4 nitrogen and oxygen atoms in total. The molecule has 86 valence electrons. The normalized spacial score (nSPS) is 12.2. The van der Waals surface area contributed by atoms with Crippen LogP contribution in [0.3, 0.4) is 0 Å². The van der Waals surface area contributed by atoms with E-state index >= 15 is 0 Å². The predicted octanol–water partition coefficient (Wildman–Crippen LogP) is 1.83. The van der Waals surface area contributed by atoms with Crippen molar-refractivity contribution in [3.05, 3.63) is 23.8 Å². The van der Waals surface area contributed by atoms with E-state index in [0.717, 1.165) is 16.6 Å². The second-order valence-electron chi connectivity index (χ2n) is 5.00. The second-order valence-corrected chi connectivity index (χ2v) is 5.00. The number of benzene rings is 1. The fraction of sp³-hybridized carbons (Fsp3) is 0.417. The highest BCUT2D eigenvalue weighted by Gasteiger charge is 2.19. The molecule has 4 N–H and O–H groups in total. The van der Waals surface area contributed by atoms with E-state index in [4.69, 9.17) is 11.5 Å². The Morgan fingerprint density at radius 2 is 2.00 bits per heavy atom. The average molecular weight is 218 g/mol. The van der Waals surface area contributed by atoms with E-state index in [2.05, 4.69) is 25.8 Å². The van der Waals surface area contributed by atoms with Crippen LogP contribution in [0.25, 0.3) is 11.0 Å². The maximum atomic E-state index is 5.95. The number of rotatable bonds is 1. The Morgan fingerprint density at radius 1 is 1.31 bits per heavy atom. The van der Waals surface area contributed by atoms with Crippen molar-refractivity contribution in [2.24, 2.45) is 5.73 Å². The Morgan fingerprint density at radius 3 is 2.56 bits per heavy atom. The summed E-state index contributed by atoms with van der Waals surface area (Å²) in [5.74, 6) is 0.552. The molecule has 0 saturated heterocycles. The number of nitrogen functional groups attached to an aromatic ring is 1. The summed E-state index contributed by atoms with van der Waals surface area (Å²) < 4.78 is 2.04. The van der Waals surface area contributed by atoms with Gasteiger partial charge in [0.25, 0.3) is 0 Å². The lowest BCUT2D eigenvalue weighted by atomic mass is 10.1. The number of nitrogens with zero attached hydrogens (tertiary/aromatic N) is 2. The molecule has 0 amide bonds. The van der Waals surface area contributed by atoms with Crippen molar-refractivity contribution in [2.45, 2.75) is 32.9 Å². The zero-order chi connectivity index (χ0) is 11.9. The minimum atomic E-state index is -0.0664. The van der Waals surface area contributed by atoms with Crippen LogP contribution in [-0.2, 0) is 12.1 Å². The van der Waals surface area contributed by atoms with E-state index in [1.165, 1.54) is 0 Å². The summed E-state index contributed by atoms with van der Waals surface area (Å²) in [5.41, 5.74) is 14.5. The van der Waals surface area contributed by atoms with Crippen molar-refractivity contribution in [1.82, 2.24) is 9.55 Å². The summed E-state index contributed by atoms with van der Waals surface area (Å²) in [6, 6.07) is 6.05. The van der Waals surface area contributed by atoms with E-state index in [1.807, 2.05) is 22.8 Å². The SMILES string of the molecule is CC(C)(C)n1c(N)nc2cc(CN)ccc21. The summed E-state index contributed by atoms with van der Waals surface area (Å²) in [6.45, 7) is 6.86. The van der Waals surface area contributed by atoms with Gasteiger partial charge in [0, 0.05) is 12.1 Å². The third-order valence-electron chi connectivity index (χ3n) is 2.65. The van der Waals surface area contributed by atoms with Gasteiger partial charge in [0.15, 0.2) is 0 Å². The van der Waals surface area contributed by atoms with Gasteiger partial charge >= 0.3 is 0 Å². The first-order valence-corrected chi connectivity index (χ1v) is 5.41. The summed E-state index contributed by atoms with van der Waals surface area (Å²) in [4.78, 5) is 4.37. The molecule has 0 bridgehead atoms. The average Bonchev–Trinajstić information content (AvgIpc) is 2.51. The van der Waals surface area contributed by atoms with Gasteiger partial charge in [-0.25, -0.2) is 4.98 Å². The van der Waals surface area contributed by atoms with Crippen molar-refractivity contribution in [2.75, 3.05) is 5.73 Å². The third kappa shape index (κ3) is 1.65. The summed E-state index contributed by atoms with van der Waals surface area (Å²) in [5, 5.41) is 0. The second kappa shape index (κ2) is 3.49. The van der Waals surface area contributed by atoms with E-state index in [1.54, 1.807) is 0 Å². The van der Waals surface area contributed by atoms with Gasteiger partial charge in [-0.3, -0.25) is 0 Å². The molecule has 4 heteroatoms. The Bertz CT molecular complexity index is 520. The van der Waals surface area contributed by atoms with Crippen LogP contribution < -0.4 is 11.5 Å². The number of hydrogen-bond donors (Lipinski definition) is 2. The highest BCUT2D eigenvalue weighted by molar-refractivity contribution is 5.79. The molecule has 16 heavy (non-hydrogen) atoms. The number of anilines is 1. The highest BCUT2D eigenvalue weighted by atomic mass is 15.2. The van der Waals surface area contributed by atoms with Crippen LogP contribution in [0.2, 0.25) is 0 Å². The quantitative estimate of drug-likeness (QED) is 0.767. The third-order valence-corrected chi connectivity index (χ3v) is 2.65. The fourth-order valence-electron chi connectivity index (χ4n) is 1.98. The van der Waals surface area contributed by atoms with Gasteiger partial charge in [0.1, 0.15) is 0 Å². The molecule has 2 aromatic rings. The molecule has 1 aromatic carbocycles. The lowest BCUT2D eigenvalue weighted by Gasteiger charge is -2.23. The molecule has 0 aliphatic heterocycles. The van der Waals surface area contributed by atoms with Crippen molar-refractivity contribution < 1.29 is 0 Å². The van der Waals surface area contributed by atoms with Crippen molar-refractivity contribution in [3.8, 4) is 0 Å². The van der Waals surface area contributed by atoms with Gasteiger partial charge in [-0.2, -0.15) is 0 Å². The molecule has 2 rings (SSSR count). The van der Waals surface area contributed by atoms with Crippen molar-refractivity contribution in [1.29, 1.82) is 0 Å². The summed E-state index contributed by atoms with van der Waals surface area (Å²) in [7, 11) is 0. The van der Waals surface area contributed by atoms with Crippen molar-refractivity contribution >= 4 is 17.0 Å². The topological polar surface area (TPSA) is 69.9 Å². The standard InChI is InChI=1S/C12H18N4/c1-12(2,3)16-10-5-4-8(7-13)6-9(10)15-11(16)14/h4-6H,7,13H2,1-3H3,(H2,14,15). The van der Waals surface area contributed by atoms with E-state index in [9.17, 15) is 0 Å². The zero-order valence-corrected chi connectivity index (χ0v) is 9.99. The minimum Gasteiger partial charge on any atom is -0.369 e. The van der Waals surface area contributed by atoms with Gasteiger partial charge in [0.05, 0.1) is 11.0 Å². The van der Waals surface area contributed by atoms with Crippen LogP contribution in [-0.4, -0.2) is 9.55 Å². The van der Waals surface area contributed by atoms with Crippen LogP contribution in [0, 0.1) is 0 Å². The Labute approximate surface area is 95.3 Å². The zero-order valence-electron chi connectivity index (χ0n) is 9.99. The molecule has 0 unspecified atom stereocenters. The number of nitrogens with two attached hydrogens (primary N) is 2. The summed E-state index contributed by atoms with van der Waals surface area (Å²) in [6.07, 6.45) is 0. The first kappa shape index (κ1) is 11.0. The predicted molar refractivity (Wildman–Crippen MR) is 67.0 cm³/mol. The van der Waals surface area contributed by atoms with Crippen LogP contribution in [0.4, 0.5) is 5.95 Å². The molecule has 0 spiro atoms. The van der Waals surface area contributed by atoms with Crippen LogP contribution in [0.15, 0.2) is 18.2 Å². The first-order valence-electron chi connectivity index (χ1n) is 5.41. The smallest absolute Gasteiger partial charge is 0.201 e. The minimum absolute atomic E-state index is 0.0664. The summed E-state index contributed by atoms with van der Waals surface area (Å²) >= 11 is 0. The van der Waals surface area contributed by atoms with Gasteiger partial charge in [-0.05, 0) is 38.5 Å². The van der Waals surface area contributed by atoms with Crippen LogP contribution in [0.5, 0.6) is 0 Å². The molecule has 1 heterocycles. The molecule has 0 fully saturated rings. The van der Waals surface area contributed by atoms with Gasteiger partial charge < -0.3 is 16.0 Å². The van der Waals surface area contributed by atoms with E-state index in [0.29, 0.717) is 12.5 Å². The Balaban J connectivity index is 2.72. The van der Waals surface area contributed by atoms with E-state index < -0.39 is 0 Å². The lowest BCUT2D eigenvalue weighted by molar-refractivity contribution is 0.414.